The van der Waals surface area contributed by atoms with E-state index in [9.17, 15) is 0 Å². The van der Waals surface area contributed by atoms with E-state index in [1.54, 1.807) is 7.11 Å². The van der Waals surface area contributed by atoms with Gasteiger partial charge in [0.1, 0.15) is 6.73 Å². The molecule has 0 aliphatic heterocycles. The smallest absolute Gasteiger partial charge is 0.122 e. The molecule has 17 heavy (non-hydrogen) atoms. The van der Waals surface area contributed by atoms with Crippen molar-refractivity contribution in [3.05, 3.63) is 47.7 Å². The van der Waals surface area contributed by atoms with Gasteiger partial charge in [-0.25, -0.2) is 0 Å². The molecule has 0 radical (unpaired) electrons. The number of fused-ring (bicyclic) bond motifs is 1. The minimum atomic E-state index is 0.606. The Bertz CT molecular complexity index is 533. The zero-order valence-electron chi connectivity index (χ0n) is 10.7. The van der Waals surface area contributed by atoms with Crippen LogP contribution in [0.1, 0.15) is 19.4 Å². The highest BCUT2D eigenvalue weighted by Gasteiger charge is 2.05. The number of nitrogens with zero attached hydrogens (tertiary/aromatic N) is 1. The first-order chi connectivity index (χ1) is 8.22. The van der Waals surface area contributed by atoms with Crippen LogP contribution in [-0.2, 0) is 17.9 Å². The van der Waals surface area contributed by atoms with Crippen LogP contribution in [0.2, 0.25) is 0 Å². The lowest BCUT2D eigenvalue weighted by Crippen LogP contribution is -1.99. The Labute approximate surface area is 103 Å². The van der Waals surface area contributed by atoms with Crippen LogP contribution in [0.5, 0.6) is 0 Å². The lowest BCUT2D eigenvalue weighted by Gasteiger charge is -2.07. The van der Waals surface area contributed by atoms with Crippen molar-refractivity contribution < 1.29 is 4.74 Å². The molecule has 2 heteroatoms. The van der Waals surface area contributed by atoms with E-state index >= 15 is 0 Å². The third-order valence-electron chi connectivity index (χ3n) is 2.87. The SMILES string of the molecule is COCn1ccc2cccc(CC=C(C)C)c21. The summed E-state index contributed by atoms with van der Waals surface area (Å²) in [5, 5.41) is 1.28. The van der Waals surface area contributed by atoms with Gasteiger partial charge >= 0.3 is 0 Å². The van der Waals surface area contributed by atoms with Gasteiger partial charge in [-0.2, -0.15) is 0 Å². The first-order valence-electron chi connectivity index (χ1n) is 5.91. The third kappa shape index (κ3) is 2.59. The first kappa shape index (κ1) is 11.9. The number of methoxy groups -OCH3 is 1. The van der Waals surface area contributed by atoms with E-state index < -0.39 is 0 Å². The highest BCUT2D eigenvalue weighted by molar-refractivity contribution is 5.83. The van der Waals surface area contributed by atoms with Crippen molar-refractivity contribution in [2.75, 3.05) is 7.11 Å². The summed E-state index contributed by atoms with van der Waals surface area (Å²) in [7, 11) is 1.73. The summed E-state index contributed by atoms with van der Waals surface area (Å²) in [5.74, 6) is 0. The van der Waals surface area contributed by atoms with Gasteiger partial charge in [0.2, 0.25) is 0 Å². The summed E-state index contributed by atoms with van der Waals surface area (Å²) in [6.45, 7) is 4.87. The molecule has 0 aliphatic rings. The molecule has 0 N–H and O–H groups in total. The normalized spacial score (nSPS) is 10.8. The van der Waals surface area contributed by atoms with Crippen LogP contribution in [0, 0.1) is 0 Å². The largest absolute Gasteiger partial charge is 0.364 e. The molecule has 0 saturated heterocycles. The van der Waals surface area contributed by atoms with Crippen LogP contribution in [-0.4, -0.2) is 11.7 Å². The Morgan fingerprint density at radius 1 is 1.29 bits per heavy atom. The van der Waals surface area contributed by atoms with E-state index in [1.807, 2.05) is 0 Å². The van der Waals surface area contributed by atoms with Crippen LogP contribution in [0.15, 0.2) is 42.1 Å². The van der Waals surface area contributed by atoms with Gasteiger partial charge in [-0.15, -0.1) is 0 Å². The lowest BCUT2D eigenvalue weighted by molar-refractivity contribution is 0.135. The summed E-state index contributed by atoms with van der Waals surface area (Å²) < 4.78 is 7.38. The second kappa shape index (κ2) is 5.19. The monoisotopic (exact) mass is 229 g/mol. The Morgan fingerprint density at radius 2 is 2.12 bits per heavy atom. The molecule has 2 aromatic rings. The van der Waals surface area contributed by atoms with Gasteiger partial charge in [-0.1, -0.05) is 29.8 Å². The second-order valence-electron chi connectivity index (χ2n) is 4.54. The highest BCUT2D eigenvalue weighted by Crippen LogP contribution is 2.21. The molecule has 0 fully saturated rings. The molecular weight excluding hydrogens is 210 g/mol. The Morgan fingerprint density at radius 3 is 2.82 bits per heavy atom. The fraction of sp³-hybridized carbons (Fsp3) is 0.333. The quantitative estimate of drug-likeness (QED) is 0.728. The Hall–Kier alpha value is -1.54. The standard InChI is InChI=1S/C15H19NO/c1-12(2)7-8-13-5-4-6-14-9-10-16(11-17-3)15(13)14/h4-7,9-10H,8,11H2,1-3H3. The van der Waals surface area contributed by atoms with Gasteiger partial charge in [-0.3, -0.25) is 0 Å². The zero-order chi connectivity index (χ0) is 12.3. The fourth-order valence-electron chi connectivity index (χ4n) is 2.07. The molecule has 0 bridgehead atoms. The van der Waals surface area contributed by atoms with E-state index in [0.717, 1.165) is 6.42 Å². The summed E-state index contributed by atoms with van der Waals surface area (Å²) in [4.78, 5) is 0. The summed E-state index contributed by atoms with van der Waals surface area (Å²) in [6.07, 6.45) is 5.33. The van der Waals surface area contributed by atoms with Crippen LogP contribution in [0.25, 0.3) is 10.9 Å². The predicted molar refractivity (Wildman–Crippen MR) is 72.1 cm³/mol. The average Bonchev–Trinajstić information content (AvgIpc) is 2.71. The van der Waals surface area contributed by atoms with Crippen LogP contribution >= 0.6 is 0 Å². The number of hydrogen-bond donors (Lipinski definition) is 0. The number of rotatable bonds is 4. The lowest BCUT2D eigenvalue weighted by atomic mass is 10.1. The van der Waals surface area contributed by atoms with Crippen LogP contribution in [0.4, 0.5) is 0 Å². The molecule has 0 unspecified atom stereocenters. The molecular formula is C15H19NO. The number of aromatic nitrogens is 1. The number of ether oxygens (including phenoxy) is 1. The van der Waals surface area contributed by atoms with E-state index in [4.69, 9.17) is 4.74 Å². The van der Waals surface area contributed by atoms with Gasteiger partial charge < -0.3 is 9.30 Å². The van der Waals surface area contributed by atoms with Crippen molar-refractivity contribution in [2.45, 2.75) is 27.0 Å². The first-order valence-corrected chi connectivity index (χ1v) is 5.91. The molecule has 0 saturated carbocycles. The topological polar surface area (TPSA) is 14.2 Å². The minimum absolute atomic E-state index is 0.606. The second-order valence-corrected chi connectivity index (χ2v) is 4.54. The molecule has 1 heterocycles. The molecule has 0 spiro atoms. The average molecular weight is 229 g/mol. The molecule has 0 aliphatic carbocycles. The van der Waals surface area contributed by atoms with Gasteiger partial charge in [-0.05, 0) is 37.3 Å². The van der Waals surface area contributed by atoms with Crippen molar-refractivity contribution >= 4 is 10.9 Å². The van der Waals surface area contributed by atoms with Crippen molar-refractivity contribution in [1.29, 1.82) is 0 Å². The molecule has 90 valence electrons. The summed E-state index contributed by atoms with van der Waals surface area (Å²) in [6, 6.07) is 8.59. The maximum absolute atomic E-state index is 5.22. The number of para-hydroxylation sites is 1. The maximum atomic E-state index is 5.22. The van der Waals surface area contributed by atoms with Crippen molar-refractivity contribution in [1.82, 2.24) is 4.57 Å². The van der Waals surface area contributed by atoms with Gasteiger partial charge in [0.15, 0.2) is 0 Å². The highest BCUT2D eigenvalue weighted by atomic mass is 16.5. The molecule has 2 rings (SSSR count). The predicted octanol–water partition coefficient (Wildman–Crippen LogP) is 3.75. The minimum Gasteiger partial charge on any atom is -0.364 e. The van der Waals surface area contributed by atoms with Gasteiger partial charge in [0, 0.05) is 13.3 Å². The summed E-state index contributed by atoms with van der Waals surface area (Å²) >= 11 is 0. The van der Waals surface area contributed by atoms with Crippen molar-refractivity contribution in [3.63, 3.8) is 0 Å². The summed E-state index contributed by atoms with van der Waals surface area (Å²) in [5.41, 5.74) is 3.99. The zero-order valence-corrected chi connectivity index (χ0v) is 10.7. The van der Waals surface area contributed by atoms with E-state index in [-0.39, 0.29) is 0 Å². The van der Waals surface area contributed by atoms with Crippen LogP contribution < -0.4 is 0 Å². The van der Waals surface area contributed by atoms with E-state index in [0.29, 0.717) is 6.73 Å². The van der Waals surface area contributed by atoms with Crippen molar-refractivity contribution in [2.24, 2.45) is 0 Å². The Balaban J connectivity index is 2.46. The van der Waals surface area contributed by atoms with Gasteiger partial charge in [0.05, 0.1) is 5.52 Å². The molecule has 1 aromatic carbocycles. The number of benzene rings is 1. The fourth-order valence-corrected chi connectivity index (χ4v) is 2.07. The Kier molecular flexibility index (Phi) is 3.64. The molecule has 0 atom stereocenters. The van der Waals surface area contributed by atoms with Gasteiger partial charge in [0.25, 0.3) is 0 Å². The molecule has 1 aromatic heterocycles. The van der Waals surface area contributed by atoms with E-state index in [1.165, 1.54) is 22.0 Å². The van der Waals surface area contributed by atoms with Crippen LogP contribution in [0.3, 0.4) is 0 Å². The number of hydrogen-bond acceptors (Lipinski definition) is 1. The number of allylic oxidation sites excluding steroid dienone is 2. The maximum Gasteiger partial charge on any atom is 0.122 e. The third-order valence-corrected chi connectivity index (χ3v) is 2.87. The van der Waals surface area contributed by atoms with E-state index in [2.05, 4.69) is 55.0 Å². The van der Waals surface area contributed by atoms with Crippen molar-refractivity contribution in [3.8, 4) is 0 Å². The molecule has 2 nitrogen and oxygen atoms in total. The molecule has 0 amide bonds.